The third kappa shape index (κ3) is 2.70. The molecule has 6 rings (SSSR count). The first-order valence-electron chi connectivity index (χ1n) is 10.6. The van der Waals surface area contributed by atoms with Crippen LogP contribution in [0.25, 0.3) is 22.8 Å². The molecule has 2 aliphatic carbocycles. The van der Waals surface area contributed by atoms with Crippen LogP contribution in [0.1, 0.15) is 19.3 Å². The molecule has 2 heterocycles. The number of nitro groups is 1. The molecule has 3 aromatic rings. The van der Waals surface area contributed by atoms with Crippen molar-refractivity contribution >= 4 is 23.2 Å². The molecule has 2 aromatic carbocycles. The highest BCUT2D eigenvalue weighted by atomic mass is 16.6. The molecule has 0 unspecified atom stereocenters. The Kier molecular flexibility index (Phi) is 4.01. The van der Waals surface area contributed by atoms with E-state index in [1.807, 2.05) is 0 Å². The highest BCUT2D eigenvalue weighted by Gasteiger charge is 2.61. The van der Waals surface area contributed by atoms with Crippen molar-refractivity contribution in [2.24, 2.45) is 23.7 Å². The van der Waals surface area contributed by atoms with Crippen LogP contribution in [-0.4, -0.2) is 26.9 Å². The van der Waals surface area contributed by atoms with Gasteiger partial charge in [0.1, 0.15) is 0 Å². The van der Waals surface area contributed by atoms with Gasteiger partial charge in [0.05, 0.1) is 22.4 Å². The molecule has 0 N–H and O–H groups in total. The Morgan fingerprint density at radius 1 is 0.969 bits per heavy atom. The van der Waals surface area contributed by atoms with Crippen molar-refractivity contribution in [3.63, 3.8) is 0 Å². The van der Waals surface area contributed by atoms with E-state index in [-0.39, 0.29) is 41.1 Å². The van der Waals surface area contributed by atoms with Crippen LogP contribution in [0.3, 0.4) is 0 Å². The van der Waals surface area contributed by atoms with Gasteiger partial charge >= 0.3 is 0 Å². The number of amides is 2. The molecule has 9 heteroatoms. The van der Waals surface area contributed by atoms with Gasteiger partial charge in [0.2, 0.25) is 17.6 Å². The Morgan fingerprint density at radius 3 is 2.38 bits per heavy atom. The first-order valence-corrected chi connectivity index (χ1v) is 10.6. The Balaban J connectivity index is 1.31. The number of carbonyl (C=O) groups excluding carboxylic acids is 2. The number of hydrogen-bond donors (Lipinski definition) is 0. The number of imide groups is 1. The predicted octanol–water partition coefficient (Wildman–Crippen LogP) is 3.85. The molecule has 0 spiro atoms. The van der Waals surface area contributed by atoms with Crippen LogP contribution in [0, 0.1) is 33.8 Å². The van der Waals surface area contributed by atoms with Crippen LogP contribution >= 0.6 is 0 Å². The van der Waals surface area contributed by atoms with Crippen molar-refractivity contribution in [1.82, 2.24) is 10.1 Å². The maximum absolute atomic E-state index is 13.1. The van der Waals surface area contributed by atoms with Crippen LogP contribution in [0.5, 0.6) is 0 Å². The van der Waals surface area contributed by atoms with Gasteiger partial charge in [-0.05, 0) is 49.3 Å². The minimum Gasteiger partial charge on any atom is -0.334 e. The number of nitrogens with zero attached hydrogens (tertiary/aromatic N) is 4. The summed E-state index contributed by atoms with van der Waals surface area (Å²) in [5.74, 6) is 0.481. The molecular formula is C23H18N4O5. The van der Waals surface area contributed by atoms with E-state index in [4.69, 9.17) is 4.52 Å². The second-order valence-corrected chi connectivity index (χ2v) is 8.68. The van der Waals surface area contributed by atoms with Crippen LogP contribution < -0.4 is 4.90 Å². The number of aromatic nitrogens is 2. The summed E-state index contributed by atoms with van der Waals surface area (Å²) < 4.78 is 5.38. The highest BCUT2D eigenvalue weighted by molar-refractivity contribution is 6.22. The molecule has 1 aliphatic heterocycles. The molecule has 9 nitrogen and oxygen atoms in total. The smallest absolute Gasteiger partial charge is 0.270 e. The summed E-state index contributed by atoms with van der Waals surface area (Å²) in [6, 6.07) is 12.9. The number of anilines is 1. The molecule has 0 radical (unpaired) electrons. The Labute approximate surface area is 182 Å². The van der Waals surface area contributed by atoms with Crippen LogP contribution in [-0.2, 0) is 9.59 Å². The second-order valence-electron chi connectivity index (χ2n) is 8.68. The monoisotopic (exact) mass is 430 g/mol. The zero-order valence-electron chi connectivity index (χ0n) is 16.9. The van der Waals surface area contributed by atoms with Crippen molar-refractivity contribution in [2.75, 3.05) is 4.90 Å². The average molecular weight is 430 g/mol. The fourth-order valence-electron chi connectivity index (χ4n) is 5.66. The summed E-state index contributed by atoms with van der Waals surface area (Å²) in [5.41, 5.74) is 1.45. The minimum atomic E-state index is -0.487. The fraction of sp³-hybridized carbons (Fsp3) is 0.304. The largest absolute Gasteiger partial charge is 0.334 e. The van der Waals surface area contributed by atoms with Gasteiger partial charge in [0.15, 0.2) is 0 Å². The lowest BCUT2D eigenvalue weighted by Gasteiger charge is -2.19. The molecule has 1 aromatic heterocycles. The van der Waals surface area contributed by atoms with Gasteiger partial charge in [-0.3, -0.25) is 24.6 Å². The Hall–Kier alpha value is -3.88. The van der Waals surface area contributed by atoms with Gasteiger partial charge in [-0.2, -0.15) is 4.98 Å². The fourth-order valence-corrected chi connectivity index (χ4v) is 5.66. The van der Waals surface area contributed by atoms with Crippen molar-refractivity contribution in [3.05, 3.63) is 58.6 Å². The lowest BCUT2D eigenvalue weighted by atomic mass is 9.81. The van der Waals surface area contributed by atoms with E-state index in [2.05, 4.69) is 10.1 Å². The Morgan fingerprint density at radius 2 is 1.66 bits per heavy atom. The summed E-state index contributed by atoms with van der Waals surface area (Å²) in [4.78, 5) is 42.4. The van der Waals surface area contributed by atoms with Gasteiger partial charge in [0, 0.05) is 23.3 Å². The van der Waals surface area contributed by atoms with Crippen molar-refractivity contribution in [1.29, 1.82) is 0 Å². The topological polar surface area (TPSA) is 119 Å². The van der Waals surface area contributed by atoms with E-state index in [1.165, 1.54) is 17.0 Å². The molecule has 1 saturated heterocycles. The Bertz CT molecular complexity index is 1260. The quantitative estimate of drug-likeness (QED) is 0.350. The zero-order valence-corrected chi connectivity index (χ0v) is 16.9. The summed E-state index contributed by atoms with van der Waals surface area (Å²) >= 11 is 0. The van der Waals surface area contributed by atoms with E-state index in [0.29, 0.717) is 28.7 Å². The van der Waals surface area contributed by atoms with Crippen LogP contribution in [0.2, 0.25) is 0 Å². The lowest BCUT2D eigenvalue weighted by Crippen LogP contribution is -2.32. The standard InChI is InChI=1S/C23H18N4O5/c28-22-18-12-7-8-13(9-12)19(18)23(29)26(22)16-5-2-4-15(11-16)21-24-20(25-32-21)14-3-1-6-17(10-14)27(30)31/h1-6,10-13,18-19H,7-9H2/t12-,13+,18-,19+. The number of hydrogen-bond acceptors (Lipinski definition) is 7. The summed E-state index contributed by atoms with van der Waals surface area (Å²) in [6.45, 7) is 0. The van der Waals surface area contributed by atoms with Crippen molar-refractivity contribution in [3.8, 4) is 22.8 Å². The molecule has 3 fully saturated rings. The van der Waals surface area contributed by atoms with E-state index < -0.39 is 4.92 Å². The predicted molar refractivity (Wildman–Crippen MR) is 112 cm³/mol. The first-order chi connectivity index (χ1) is 15.5. The average Bonchev–Trinajstić information content (AvgIpc) is 3.58. The second kappa shape index (κ2) is 6.81. The summed E-state index contributed by atoms with van der Waals surface area (Å²) in [7, 11) is 0. The van der Waals surface area contributed by atoms with Gasteiger partial charge in [-0.15, -0.1) is 0 Å². The van der Waals surface area contributed by atoms with E-state index in [9.17, 15) is 19.7 Å². The molecule has 2 saturated carbocycles. The van der Waals surface area contributed by atoms with Crippen molar-refractivity contribution in [2.45, 2.75) is 19.3 Å². The van der Waals surface area contributed by atoms with E-state index in [0.717, 1.165) is 19.3 Å². The molecule has 3 aliphatic rings. The van der Waals surface area contributed by atoms with E-state index in [1.54, 1.807) is 36.4 Å². The summed E-state index contributed by atoms with van der Waals surface area (Å²) in [5, 5.41) is 15.0. The third-order valence-corrected chi connectivity index (χ3v) is 7.02. The number of rotatable bonds is 4. The zero-order chi connectivity index (χ0) is 22.0. The number of fused-ring (bicyclic) bond motifs is 5. The minimum absolute atomic E-state index is 0.0681. The van der Waals surface area contributed by atoms with Crippen LogP contribution in [0.15, 0.2) is 53.1 Å². The van der Waals surface area contributed by atoms with Gasteiger partial charge in [-0.25, -0.2) is 0 Å². The van der Waals surface area contributed by atoms with Gasteiger partial charge in [-0.1, -0.05) is 23.4 Å². The summed E-state index contributed by atoms with van der Waals surface area (Å²) in [6.07, 6.45) is 3.05. The molecule has 2 amide bonds. The van der Waals surface area contributed by atoms with Crippen LogP contribution in [0.4, 0.5) is 11.4 Å². The molecule has 32 heavy (non-hydrogen) atoms. The maximum atomic E-state index is 13.1. The molecule has 2 bridgehead atoms. The highest BCUT2D eigenvalue weighted by Crippen LogP contribution is 2.56. The van der Waals surface area contributed by atoms with E-state index >= 15 is 0 Å². The van der Waals surface area contributed by atoms with Gasteiger partial charge < -0.3 is 4.52 Å². The molecular weight excluding hydrogens is 412 g/mol. The maximum Gasteiger partial charge on any atom is 0.270 e. The molecule has 4 atom stereocenters. The lowest BCUT2D eigenvalue weighted by molar-refractivity contribution is -0.384. The number of non-ortho nitro benzene ring substituents is 1. The number of nitro benzene ring substituents is 1. The number of benzene rings is 2. The normalized spacial score (nSPS) is 26.1. The molecule has 160 valence electrons. The first kappa shape index (κ1) is 18.9. The number of carbonyl (C=O) groups is 2. The van der Waals surface area contributed by atoms with Crippen molar-refractivity contribution < 1.29 is 19.0 Å². The SMILES string of the molecule is O=C1[C@@H]2[C@@H]3CC[C@@H](C3)[C@@H]2C(=O)N1c1cccc(-c2nc(-c3cccc([N+](=O)[O-])c3)no2)c1. The van der Waals surface area contributed by atoms with Gasteiger partial charge in [0.25, 0.3) is 11.6 Å². The third-order valence-electron chi connectivity index (χ3n) is 7.02.